The first-order chi connectivity index (χ1) is 9.38. The van der Waals surface area contributed by atoms with Crippen molar-refractivity contribution in [3.05, 3.63) is 23.9 Å². The van der Waals surface area contributed by atoms with E-state index in [1.807, 2.05) is 4.68 Å². The van der Waals surface area contributed by atoms with Gasteiger partial charge in [-0.15, -0.1) is 5.10 Å². The molecule has 2 aromatic rings. The minimum atomic E-state index is 0.376. The molecule has 0 unspecified atom stereocenters. The molecule has 2 heterocycles. The third-order valence-electron chi connectivity index (χ3n) is 3.25. The topological polar surface area (TPSA) is 73.6 Å². The number of hydrogen-bond donors (Lipinski definition) is 0. The fourth-order valence-electron chi connectivity index (χ4n) is 2.30. The van der Waals surface area contributed by atoms with Crippen molar-refractivity contribution in [2.45, 2.75) is 41.9 Å². The standard InChI is InChI=1S/C12H13N5OS/c18-8-9-4-3-7-13-11(9)19-12-14-15-16-17(12)10-5-1-2-6-10/h3-4,7-8,10H,1-2,5-6H2. The molecule has 0 N–H and O–H groups in total. The van der Waals surface area contributed by atoms with Crippen molar-refractivity contribution in [3.63, 3.8) is 0 Å². The predicted molar refractivity (Wildman–Crippen MR) is 69.1 cm³/mol. The Hall–Kier alpha value is -1.76. The van der Waals surface area contributed by atoms with Crippen molar-refractivity contribution >= 4 is 18.0 Å². The molecule has 3 rings (SSSR count). The molecule has 19 heavy (non-hydrogen) atoms. The largest absolute Gasteiger partial charge is 0.298 e. The highest BCUT2D eigenvalue weighted by Crippen LogP contribution is 2.33. The molecular weight excluding hydrogens is 262 g/mol. The number of aromatic nitrogens is 5. The van der Waals surface area contributed by atoms with Crippen LogP contribution in [-0.4, -0.2) is 31.5 Å². The molecule has 0 aromatic carbocycles. The molecule has 1 aliphatic carbocycles. The zero-order chi connectivity index (χ0) is 13.1. The summed E-state index contributed by atoms with van der Waals surface area (Å²) in [5.74, 6) is 0. The van der Waals surface area contributed by atoms with E-state index in [1.54, 1.807) is 18.3 Å². The maximum absolute atomic E-state index is 11.0. The van der Waals surface area contributed by atoms with Crippen molar-refractivity contribution in [3.8, 4) is 0 Å². The Labute approximate surface area is 114 Å². The van der Waals surface area contributed by atoms with Crippen LogP contribution in [-0.2, 0) is 0 Å². The number of carbonyl (C=O) groups excluding carboxylic acids is 1. The Morgan fingerprint density at radius 3 is 3.00 bits per heavy atom. The van der Waals surface area contributed by atoms with Crippen LogP contribution in [0.4, 0.5) is 0 Å². The van der Waals surface area contributed by atoms with E-state index in [2.05, 4.69) is 20.5 Å². The molecular formula is C12H13N5OS. The highest BCUT2D eigenvalue weighted by Gasteiger charge is 2.22. The van der Waals surface area contributed by atoms with Crippen LogP contribution in [0.3, 0.4) is 0 Å². The average Bonchev–Trinajstić information content (AvgIpc) is 3.09. The first kappa shape index (κ1) is 12.3. The van der Waals surface area contributed by atoms with Gasteiger partial charge >= 0.3 is 0 Å². The summed E-state index contributed by atoms with van der Waals surface area (Å²) in [7, 11) is 0. The second-order valence-corrected chi connectivity index (χ2v) is 5.42. The first-order valence-electron chi connectivity index (χ1n) is 6.24. The molecule has 1 fully saturated rings. The van der Waals surface area contributed by atoms with Crippen molar-refractivity contribution < 1.29 is 4.79 Å². The third-order valence-corrected chi connectivity index (χ3v) is 4.23. The second-order valence-electron chi connectivity index (χ2n) is 4.46. The number of aldehydes is 1. The maximum Gasteiger partial charge on any atom is 0.215 e. The van der Waals surface area contributed by atoms with Gasteiger partial charge in [0.25, 0.3) is 0 Å². The van der Waals surface area contributed by atoms with Crippen LogP contribution >= 0.6 is 11.8 Å². The molecule has 1 aliphatic rings. The lowest BCUT2D eigenvalue weighted by atomic mass is 10.3. The number of pyridine rings is 1. The fraction of sp³-hybridized carbons (Fsp3) is 0.417. The van der Waals surface area contributed by atoms with Crippen molar-refractivity contribution in [2.75, 3.05) is 0 Å². The zero-order valence-corrected chi connectivity index (χ0v) is 11.1. The van der Waals surface area contributed by atoms with E-state index in [0.717, 1.165) is 19.1 Å². The van der Waals surface area contributed by atoms with Crippen molar-refractivity contribution in [2.24, 2.45) is 0 Å². The first-order valence-corrected chi connectivity index (χ1v) is 7.06. The lowest BCUT2D eigenvalue weighted by molar-refractivity contribution is 0.112. The molecule has 0 spiro atoms. The molecule has 0 atom stereocenters. The summed E-state index contributed by atoms with van der Waals surface area (Å²) in [6.07, 6.45) is 7.14. The van der Waals surface area contributed by atoms with Gasteiger partial charge in [-0.2, -0.15) is 0 Å². The van der Waals surface area contributed by atoms with E-state index in [4.69, 9.17) is 0 Å². The van der Waals surface area contributed by atoms with Gasteiger partial charge in [0, 0.05) is 11.8 Å². The fourth-order valence-corrected chi connectivity index (χ4v) is 3.17. The number of hydrogen-bond acceptors (Lipinski definition) is 6. The Kier molecular flexibility index (Phi) is 3.54. The lowest BCUT2D eigenvalue weighted by Crippen LogP contribution is -2.08. The summed E-state index contributed by atoms with van der Waals surface area (Å²) < 4.78 is 1.86. The molecule has 6 nitrogen and oxygen atoms in total. The molecule has 0 radical (unpaired) electrons. The summed E-state index contributed by atoms with van der Waals surface area (Å²) in [4.78, 5) is 15.2. The molecule has 0 bridgehead atoms. The lowest BCUT2D eigenvalue weighted by Gasteiger charge is -2.10. The third kappa shape index (κ3) is 2.51. The van der Waals surface area contributed by atoms with Gasteiger partial charge < -0.3 is 0 Å². The number of tetrazole rings is 1. The molecule has 2 aromatic heterocycles. The Morgan fingerprint density at radius 2 is 2.21 bits per heavy atom. The Morgan fingerprint density at radius 1 is 1.37 bits per heavy atom. The molecule has 98 valence electrons. The van der Waals surface area contributed by atoms with Gasteiger partial charge in [0.2, 0.25) is 5.16 Å². The molecule has 1 saturated carbocycles. The molecule has 0 saturated heterocycles. The van der Waals surface area contributed by atoms with E-state index >= 15 is 0 Å². The highest BCUT2D eigenvalue weighted by atomic mass is 32.2. The monoisotopic (exact) mass is 275 g/mol. The summed E-state index contributed by atoms with van der Waals surface area (Å²) in [6, 6.07) is 3.86. The quantitative estimate of drug-likeness (QED) is 0.796. The van der Waals surface area contributed by atoms with Gasteiger partial charge in [-0.25, -0.2) is 9.67 Å². The Balaban J connectivity index is 1.87. The van der Waals surface area contributed by atoms with Gasteiger partial charge in [-0.3, -0.25) is 4.79 Å². The second kappa shape index (κ2) is 5.48. The van der Waals surface area contributed by atoms with Crippen LogP contribution in [0.15, 0.2) is 28.5 Å². The van der Waals surface area contributed by atoms with Crippen LogP contribution in [0, 0.1) is 0 Å². The van der Waals surface area contributed by atoms with Gasteiger partial charge in [0.15, 0.2) is 6.29 Å². The normalized spacial score (nSPS) is 15.8. The van der Waals surface area contributed by atoms with Crippen LogP contribution in [0.2, 0.25) is 0 Å². The molecule has 7 heteroatoms. The van der Waals surface area contributed by atoms with Gasteiger partial charge in [0.1, 0.15) is 5.03 Å². The summed E-state index contributed by atoms with van der Waals surface area (Å²) in [5.41, 5.74) is 0.563. The minimum absolute atomic E-state index is 0.376. The van der Waals surface area contributed by atoms with E-state index in [1.165, 1.54) is 24.6 Å². The van der Waals surface area contributed by atoms with Gasteiger partial charge in [-0.05, 0) is 47.2 Å². The van der Waals surface area contributed by atoms with E-state index in [9.17, 15) is 4.79 Å². The highest BCUT2D eigenvalue weighted by molar-refractivity contribution is 7.99. The Bertz CT molecular complexity index is 579. The van der Waals surface area contributed by atoms with Gasteiger partial charge in [-0.1, -0.05) is 12.8 Å². The summed E-state index contributed by atoms with van der Waals surface area (Å²) in [6.45, 7) is 0. The van der Waals surface area contributed by atoms with Gasteiger partial charge in [0.05, 0.1) is 6.04 Å². The SMILES string of the molecule is O=Cc1cccnc1Sc1nnnn1C1CCCC1. The minimum Gasteiger partial charge on any atom is -0.298 e. The van der Waals surface area contributed by atoms with Crippen molar-refractivity contribution in [1.29, 1.82) is 0 Å². The zero-order valence-electron chi connectivity index (χ0n) is 10.3. The average molecular weight is 275 g/mol. The molecule has 0 amide bonds. The summed E-state index contributed by atoms with van der Waals surface area (Å²) in [5, 5.41) is 13.2. The number of rotatable bonds is 4. The number of carbonyl (C=O) groups is 1. The van der Waals surface area contributed by atoms with E-state index in [-0.39, 0.29) is 0 Å². The van der Waals surface area contributed by atoms with E-state index < -0.39 is 0 Å². The van der Waals surface area contributed by atoms with E-state index in [0.29, 0.717) is 21.8 Å². The molecule has 0 aliphatic heterocycles. The van der Waals surface area contributed by atoms with Crippen LogP contribution in [0.25, 0.3) is 0 Å². The number of nitrogens with zero attached hydrogens (tertiary/aromatic N) is 5. The smallest absolute Gasteiger partial charge is 0.215 e. The van der Waals surface area contributed by atoms with Crippen molar-refractivity contribution in [1.82, 2.24) is 25.2 Å². The van der Waals surface area contributed by atoms with Crippen LogP contribution < -0.4 is 0 Å². The summed E-state index contributed by atoms with van der Waals surface area (Å²) >= 11 is 1.34. The predicted octanol–water partition coefficient (Wildman–Crippen LogP) is 2.15. The maximum atomic E-state index is 11.0. The van der Waals surface area contributed by atoms with Crippen LogP contribution in [0.1, 0.15) is 42.1 Å². The van der Waals surface area contributed by atoms with Crippen LogP contribution in [0.5, 0.6) is 0 Å².